The molecule has 1 saturated heterocycles. The maximum absolute atomic E-state index is 12.6. The molecule has 0 unspecified atom stereocenters. The Balaban J connectivity index is 1.71. The fourth-order valence-corrected chi connectivity index (χ4v) is 3.46. The molecule has 0 radical (unpaired) electrons. The third-order valence-electron chi connectivity index (χ3n) is 4.43. The predicted molar refractivity (Wildman–Crippen MR) is 101 cm³/mol. The van der Waals surface area contributed by atoms with Crippen molar-refractivity contribution >= 4 is 18.1 Å². The van der Waals surface area contributed by atoms with Crippen molar-refractivity contribution < 1.29 is 14.3 Å². The van der Waals surface area contributed by atoms with Gasteiger partial charge in [0, 0.05) is 31.6 Å². The number of methoxy groups -OCH3 is 1. The Morgan fingerprint density at radius 3 is 2.58 bits per heavy atom. The fourth-order valence-electron chi connectivity index (χ4n) is 3.23. The SMILES string of the molecule is COc1ccc(-c2n[nH]c(=S)n2CCC(=O)N2C[C@@H](C)O[C@H](C)C2)cc1. The number of rotatable bonds is 5. The molecule has 0 spiro atoms. The Hall–Kier alpha value is -2.19. The molecule has 1 aliphatic rings. The Labute approximate surface area is 157 Å². The van der Waals surface area contributed by atoms with Crippen LogP contribution in [-0.2, 0) is 16.1 Å². The molecule has 2 aromatic rings. The summed E-state index contributed by atoms with van der Waals surface area (Å²) in [5, 5.41) is 7.14. The highest BCUT2D eigenvalue weighted by Crippen LogP contribution is 2.21. The number of H-pyrrole nitrogens is 1. The minimum Gasteiger partial charge on any atom is -0.497 e. The van der Waals surface area contributed by atoms with Crippen LogP contribution in [0.5, 0.6) is 5.75 Å². The van der Waals surface area contributed by atoms with Gasteiger partial charge in [-0.05, 0) is 50.3 Å². The van der Waals surface area contributed by atoms with Crippen molar-refractivity contribution in [1.29, 1.82) is 0 Å². The van der Waals surface area contributed by atoms with E-state index in [9.17, 15) is 4.79 Å². The summed E-state index contributed by atoms with van der Waals surface area (Å²) in [6, 6.07) is 7.60. The lowest BCUT2D eigenvalue weighted by Gasteiger charge is -2.35. The zero-order chi connectivity index (χ0) is 18.7. The summed E-state index contributed by atoms with van der Waals surface area (Å²) in [7, 11) is 1.63. The summed E-state index contributed by atoms with van der Waals surface area (Å²) in [6.07, 6.45) is 0.499. The third kappa shape index (κ3) is 4.13. The van der Waals surface area contributed by atoms with Crippen LogP contribution in [0.4, 0.5) is 0 Å². The summed E-state index contributed by atoms with van der Waals surface area (Å²) in [5.74, 6) is 1.60. The highest BCUT2D eigenvalue weighted by Gasteiger charge is 2.25. The number of amides is 1. The molecule has 0 saturated carbocycles. The lowest BCUT2D eigenvalue weighted by Crippen LogP contribution is -2.48. The lowest BCUT2D eigenvalue weighted by atomic mass is 10.2. The van der Waals surface area contributed by atoms with Gasteiger partial charge in [-0.1, -0.05) is 0 Å². The highest BCUT2D eigenvalue weighted by atomic mass is 32.1. The Kier molecular flexibility index (Phi) is 5.73. The van der Waals surface area contributed by atoms with Gasteiger partial charge in [0.05, 0.1) is 19.3 Å². The van der Waals surface area contributed by atoms with Gasteiger partial charge in [-0.2, -0.15) is 5.10 Å². The summed E-state index contributed by atoms with van der Waals surface area (Å²) in [6.45, 7) is 5.72. The normalized spacial score (nSPS) is 20.2. The molecule has 1 aliphatic heterocycles. The molecule has 0 aliphatic carbocycles. The molecule has 0 bridgehead atoms. The van der Waals surface area contributed by atoms with E-state index in [1.807, 2.05) is 47.6 Å². The van der Waals surface area contributed by atoms with Crippen molar-refractivity contribution in [3.8, 4) is 17.1 Å². The Bertz CT molecular complexity index is 805. The van der Waals surface area contributed by atoms with Gasteiger partial charge in [0.15, 0.2) is 10.6 Å². The van der Waals surface area contributed by atoms with Crippen LogP contribution in [0.15, 0.2) is 24.3 Å². The Morgan fingerprint density at radius 2 is 1.96 bits per heavy atom. The molecule has 7 nitrogen and oxygen atoms in total. The van der Waals surface area contributed by atoms with Crippen molar-refractivity contribution in [2.45, 2.75) is 39.0 Å². The van der Waals surface area contributed by atoms with Crippen LogP contribution in [0.2, 0.25) is 0 Å². The van der Waals surface area contributed by atoms with E-state index in [2.05, 4.69) is 10.2 Å². The molecule has 2 heterocycles. The zero-order valence-corrected chi connectivity index (χ0v) is 16.1. The quantitative estimate of drug-likeness (QED) is 0.812. The number of carbonyl (C=O) groups excluding carboxylic acids is 1. The Morgan fingerprint density at radius 1 is 1.31 bits per heavy atom. The van der Waals surface area contributed by atoms with Gasteiger partial charge in [-0.3, -0.25) is 14.5 Å². The number of morpholine rings is 1. The third-order valence-corrected chi connectivity index (χ3v) is 4.74. The number of benzene rings is 1. The first-order chi connectivity index (χ1) is 12.5. The number of aromatic nitrogens is 3. The summed E-state index contributed by atoms with van der Waals surface area (Å²) < 4.78 is 13.2. The van der Waals surface area contributed by atoms with E-state index in [4.69, 9.17) is 21.7 Å². The smallest absolute Gasteiger partial charge is 0.224 e. The van der Waals surface area contributed by atoms with Gasteiger partial charge in [0.2, 0.25) is 5.91 Å². The second kappa shape index (κ2) is 8.01. The van der Waals surface area contributed by atoms with E-state index in [0.29, 0.717) is 36.7 Å². The van der Waals surface area contributed by atoms with E-state index >= 15 is 0 Å². The predicted octanol–water partition coefficient (Wildman–Crippen LogP) is 2.64. The van der Waals surface area contributed by atoms with Crippen molar-refractivity contribution in [3.05, 3.63) is 29.0 Å². The molecule has 140 valence electrons. The van der Waals surface area contributed by atoms with Crippen LogP contribution in [0.3, 0.4) is 0 Å². The molecule has 1 N–H and O–H groups in total. The molecule has 3 rings (SSSR count). The molecule has 26 heavy (non-hydrogen) atoms. The summed E-state index contributed by atoms with van der Waals surface area (Å²) in [5.41, 5.74) is 0.916. The van der Waals surface area contributed by atoms with Crippen LogP contribution in [0.25, 0.3) is 11.4 Å². The number of nitrogens with zero attached hydrogens (tertiary/aromatic N) is 3. The molecule has 8 heteroatoms. The van der Waals surface area contributed by atoms with Crippen LogP contribution >= 0.6 is 12.2 Å². The van der Waals surface area contributed by atoms with E-state index in [0.717, 1.165) is 11.3 Å². The molecule has 2 atom stereocenters. The van der Waals surface area contributed by atoms with Gasteiger partial charge in [0.25, 0.3) is 0 Å². The van der Waals surface area contributed by atoms with Gasteiger partial charge < -0.3 is 14.4 Å². The van der Waals surface area contributed by atoms with Crippen LogP contribution < -0.4 is 4.74 Å². The van der Waals surface area contributed by atoms with Crippen molar-refractivity contribution in [2.75, 3.05) is 20.2 Å². The van der Waals surface area contributed by atoms with Crippen molar-refractivity contribution in [3.63, 3.8) is 0 Å². The molecule has 1 aromatic heterocycles. The van der Waals surface area contributed by atoms with Gasteiger partial charge in [0.1, 0.15) is 5.75 Å². The number of hydrogen-bond acceptors (Lipinski definition) is 5. The monoisotopic (exact) mass is 376 g/mol. The largest absolute Gasteiger partial charge is 0.497 e. The number of carbonyl (C=O) groups is 1. The van der Waals surface area contributed by atoms with E-state index < -0.39 is 0 Å². The first kappa shape index (κ1) is 18.6. The molecule has 1 aromatic carbocycles. The van der Waals surface area contributed by atoms with E-state index in [1.54, 1.807) is 7.11 Å². The second-order valence-corrected chi connectivity index (χ2v) is 6.93. The van der Waals surface area contributed by atoms with Gasteiger partial charge in [-0.25, -0.2) is 0 Å². The van der Waals surface area contributed by atoms with Gasteiger partial charge >= 0.3 is 0 Å². The fraction of sp³-hybridized carbons (Fsp3) is 0.500. The first-order valence-corrected chi connectivity index (χ1v) is 9.11. The number of ether oxygens (including phenoxy) is 2. The van der Waals surface area contributed by atoms with E-state index in [-0.39, 0.29) is 18.1 Å². The first-order valence-electron chi connectivity index (χ1n) is 8.70. The maximum Gasteiger partial charge on any atom is 0.224 e. The average molecular weight is 376 g/mol. The average Bonchev–Trinajstić information content (AvgIpc) is 2.99. The highest BCUT2D eigenvalue weighted by molar-refractivity contribution is 7.71. The molecule has 1 fully saturated rings. The number of nitrogens with one attached hydrogen (secondary N) is 1. The minimum absolute atomic E-state index is 0.0636. The number of hydrogen-bond donors (Lipinski definition) is 1. The topological polar surface area (TPSA) is 72.4 Å². The van der Waals surface area contributed by atoms with Crippen LogP contribution in [0, 0.1) is 4.77 Å². The second-order valence-electron chi connectivity index (χ2n) is 6.54. The van der Waals surface area contributed by atoms with E-state index in [1.165, 1.54) is 0 Å². The summed E-state index contributed by atoms with van der Waals surface area (Å²) in [4.78, 5) is 14.5. The summed E-state index contributed by atoms with van der Waals surface area (Å²) >= 11 is 5.34. The number of aromatic amines is 1. The van der Waals surface area contributed by atoms with Crippen LogP contribution in [0.1, 0.15) is 20.3 Å². The van der Waals surface area contributed by atoms with Gasteiger partial charge in [-0.15, -0.1) is 0 Å². The molecule has 1 amide bonds. The van der Waals surface area contributed by atoms with Crippen molar-refractivity contribution in [2.24, 2.45) is 0 Å². The lowest BCUT2D eigenvalue weighted by molar-refractivity contribution is -0.143. The molecular formula is C18H24N4O3S. The zero-order valence-electron chi connectivity index (χ0n) is 15.3. The standard InChI is InChI=1S/C18H24N4O3S/c1-12-10-21(11-13(2)25-12)16(23)8-9-22-17(19-20-18(22)26)14-4-6-15(24-3)7-5-14/h4-7,12-13H,8-11H2,1-3H3,(H,20,26)/t12-,13-/m1/s1. The minimum atomic E-state index is 0.0636. The van der Waals surface area contributed by atoms with Crippen molar-refractivity contribution in [1.82, 2.24) is 19.7 Å². The maximum atomic E-state index is 12.6. The molecular weight excluding hydrogens is 352 g/mol. The van der Waals surface area contributed by atoms with Crippen LogP contribution in [-0.4, -0.2) is 58.0 Å².